The molecule has 4 heterocycles. The second kappa shape index (κ2) is 6.05. The van der Waals surface area contributed by atoms with E-state index < -0.39 is 0 Å². The maximum absolute atomic E-state index is 4.64. The van der Waals surface area contributed by atoms with Gasteiger partial charge in [0.15, 0.2) is 0 Å². The minimum Gasteiger partial charge on any atom is -0.354 e. The van der Waals surface area contributed by atoms with Crippen LogP contribution in [0.3, 0.4) is 0 Å². The zero-order valence-electron chi connectivity index (χ0n) is 15.2. The lowest BCUT2D eigenvalue weighted by atomic mass is 10.0. The highest BCUT2D eigenvalue weighted by Gasteiger charge is 2.19. The van der Waals surface area contributed by atoms with Crippen LogP contribution in [0.4, 0.5) is 5.95 Å². The summed E-state index contributed by atoms with van der Waals surface area (Å²) in [5, 5.41) is 11.9. The van der Waals surface area contributed by atoms with Crippen molar-refractivity contribution in [2.45, 2.75) is 13.3 Å². The lowest BCUT2D eigenvalue weighted by Crippen LogP contribution is -2.04. The van der Waals surface area contributed by atoms with Crippen molar-refractivity contribution in [1.29, 1.82) is 0 Å². The minimum atomic E-state index is 0.691. The summed E-state index contributed by atoms with van der Waals surface area (Å²) in [5.74, 6) is 0.691. The molecule has 4 aromatic rings. The number of aryl methyl sites for hydroxylation is 1. The molecule has 134 valence electrons. The number of anilines is 1. The van der Waals surface area contributed by atoms with Crippen LogP contribution >= 0.6 is 0 Å². The van der Waals surface area contributed by atoms with Crippen LogP contribution < -0.4 is 5.32 Å². The molecule has 0 unspecified atom stereocenters. The van der Waals surface area contributed by atoms with Gasteiger partial charge in [-0.05, 0) is 30.2 Å². The van der Waals surface area contributed by atoms with E-state index in [1.165, 1.54) is 5.57 Å². The van der Waals surface area contributed by atoms with Crippen molar-refractivity contribution in [3.8, 4) is 11.1 Å². The molecule has 1 aliphatic carbocycles. The van der Waals surface area contributed by atoms with Gasteiger partial charge in [0.2, 0.25) is 5.95 Å². The van der Waals surface area contributed by atoms with E-state index in [0.29, 0.717) is 5.95 Å². The van der Waals surface area contributed by atoms with Crippen molar-refractivity contribution in [1.82, 2.24) is 29.4 Å². The van der Waals surface area contributed by atoms with Crippen LogP contribution in [0.5, 0.6) is 0 Å². The molecule has 4 aromatic heterocycles. The van der Waals surface area contributed by atoms with E-state index in [1.807, 2.05) is 49.5 Å². The maximum Gasteiger partial charge on any atom is 0.222 e. The van der Waals surface area contributed by atoms with Crippen LogP contribution in [0.2, 0.25) is 0 Å². The summed E-state index contributed by atoms with van der Waals surface area (Å²) in [5.41, 5.74) is 7.67. The molecular weight excluding hydrogens is 338 g/mol. The lowest BCUT2D eigenvalue weighted by molar-refractivity contribution is 0.768. The van der Waals surface area contributed by atoms with Gasteiger partial charge in [-0.1, -0.05) is 6.08 Å². The first-order chi connectivity index (χ1) is 13.2. The molecule has 0 saturated heterocycles. The third kappa shape index (κ3) is 2.59. The fraction of sp³-hybridized carbons (Fsp3) is 0.200. The number of nitrogens with zero attached hydrogens (tertiary/aromatic N) is 6. The van der Waals surface area contributed by atoms with Crippen LogP contribution in [0, 0.1) is 0 Å². The molecule has 0 saturated carbocycles. The molecule has 1 N–H and O–H groups in total. The van der Waals surface area contributed by atoms with Gasteiger partial charge in [0.25, 0.3) is 0 Å². The van der Waals surface area contributed by atoms with Crippen LogP contribution in [-0.4, -0.2) is 35.9 Å². The van der Waals surface area contributed by atoms with Crippen LogP contribution in [0.15, 0.2) is 49.2 Å². The molecule has 0 fully saturated rings. The molecule has 0 radical (unpaired) electrons. The van der Waals surface area contributed by atoms with Crippen LogP contribution in [0.25, 0.3) is 22.2 Å². The molecular formula is C20H19N7. The number of pyridine rings is 1. The van der Waals surface area contributed by atoms with E-state index in [-0.39, 0.29) is 0 Å². The monoisotopic (exact) mass is 357 g/mol. The van der Waals surface area contributed by atoms with Crippen molar-refractivity contribution >= 4 is 17.0 Å². The Bertz CT molecular complexity index is 1180. The molecule has 7 heteroatoms. The average molecular weight is 357 g/mol. The first kappa shape index (κ1) is 15.7. The summed E-state index contributed by atoms with van der Waals surface area (Å²) < 4.78 is 3.70. The molecule has 0 atom stereocenters. The Morgan fingerprint density at radius 1 is 1.11 bits per heavy atom. The lowest BCUT2D eigenvalue weighted by Gasteiger charge is -2.08. The van der Waals surface area contributed by atoms with E-state index in [0.717, 1.165) is 46.4 Å². The molecule has 0 spiro atoms. The standard InChI is InChI=1S/C20H19N7/c1-3-21-20-22-10-17-15(4-5-18(17)25-20)13-6-7-27-19(8-13)16(11-24-27)14-9-23-26(2)12-14/h4,6-12H,3,5H2,1-2H3,(H,21,22,25). The quantitative estimate of drug-likeness (QED) is 0.608. The number of aromatic nitrogens is 6. The summed E-state index contributed by atoms with van der Waals surface area (Å²) in [7, 11) is 1.92. The Labute approximate surface area is 156 Å². The van der Waals surface area contributed by atoms with Crippen LogP contribution in [-0.2, 0) is 13.5 Å². The van der Waals surface area contributed by atoms with Crippen molar-refractivity contribution in [3.63, 3.8) is 0 Å². The molecule has 27 heavy (non-hydrogen) atoms. The third-order valence-electron chi connectivity index (χ3n) is 4.84. The second-order valence-corrected chi connectivity index (χ2v) is 6.61. The van der Waals surface area contributed by atoms with Gasteiger partial charge in [0, 0.05) is 55.3 Å². The Morgan fingerprint density at radius 3 is 2.85 bits per heavy atom. The minimum absolute atomic E-state index is 0.691. The normalized spacial score (nSPS) is 13.0. The molecule has 0 aliphatic heterocycles. The first-order valence-corrected chi connectivity index (χ1v) is 9.00. The van der Waals surface area contributed by atoms with Gasteiger partial charge in [-0.2, -0.15) is 10.2 Å². The van der Waals surface area contributed by atoms with Crippen molar-refractivity contribution in [3.05, 3.63) is 66.0 Å². The van der Waals surface area contributed by atoms with Gasteiger partial charge in [-0.15, -0.1) is 0 Å². The summed E-state index contributed by atoms with van der Waals surface area (Å²) in [6.45, 7) is 2.86. The second-order valence-electron chi connectivity index (χ2n) is 6.61. The third-order valence-corrected chi connectivity index (χ3v) is 4.84. The number of rotatable bonds is 4. The summed E-state index contributed by atoms with van der Waals surface area (Å²) in [4.78, 5) is 9.08. The topological polar surface area (TPSA) is 72.9 Å². The summed E-state index contributed by atoms with van der Waals surface area (Å²) >= 11 is 0. The number of allylic oxidation sites excluding steroid dienone is 1. The summed E-state index contributed by atoms with van der Waals surface area (Å²) in [6.07, 6.45) is 12.7. The molecule has 0 aromatic carbocycles. The highest BCUT2D eigenvalue weighted by atomic mass is 15.2. The van der Waals surface area contributed by atoms with E-state index in [9.17, 15) is 0 Å². The van der Waals surface area contributed by atoms with Gasteiger partial charge >= 0.3 is 0 Å². The SMILES string of the molecule is CCNc1ncc2c(n1)CC=C2c1ccn2ncc(-c3cnn(C)c3)c2c1. The fourth-order valence-electron chi connectivity index (χ4n) is 3.55. The Balaban J connectivity index is 1.57. The van der Waals surface area contributed by atoms with Gasteiger partial charge in [0.1, 0.15) is 0 Å². The number of hydrogen-bond donors (Lipinski definition) is 1. The van der Waals surface area contributed by atoms with Crippen LogP contribution in [0.1, 0.15) is 23.7 Å². The van der Waals surface area contributed by atoms with Gasteiger partial charge in [0.05, 0.1) is 23.6 Å². The van der Waals surface area contributed by atoms with E-state index in [4.69, 9.17) is 0 Å². The van der Waals surface area contributed by atoms with Crippen molar-refractivity contribution in [2.24, 2.45) is 7.05 Å². The summed E-state index contributed by atoms with van der Waals surface area (Å²) in [6, 6.07) is 4.26. The number of nitrogens with one attached hydrogen (secondary N) is 1. The Kier molecular flexibility index (Phi) is 3.53. The predicted octanol–water partition coefficient (Wildman–Crippen LogP) is 2.94. The number of hydrogen-bond acceptors (Lipinski definition) is 5. The Morgan fingerprint density at radius 2 is 2.04 bits per heavy atom. The van der Waals surface area contributed by atoms with Crippen molar-refractivity contribution < 1.29 is 0 Å². The Hall–Kier alpha value is -3.48. The fourth-order valence-corrected chi connectivity index (χ4v) is 3.55. The maximum atomic E-state index is 4.64. The molecule has 0 amide bonds. The van der Waals surface area contributed by atoms with E-state index >= 15 is 0 Å². The molecule has 7 nitrogen and oxygen atoms in total. The molecule has 5 rings (SSSR count). The van der Waals surface area contributed by atoms with E-state index in [2.05, 4.69) is 43.7 Å². The first-order valence-electron chi connectivity index (χ1n) is 9.00. The van der Waals surface area contributed by atoms with Gasteiger partial charge in [-0.25, -0.2) is 14.5 Å². The highest BCUT2D eigenvalue weighted by Crippen LogP contribution is 2.33. The molecule has 0 bridgehead atoms. The zero-order valence-corrected chi connectivity index (χ0v) is 15.2. The highest BCUT2D eigenvalue weighted by molar-refractivity contribution is 5.88. The zero-order chi connectivity index (χ0) is 18.4. The average Bonchev–Trinajstić information content (AvgIpc) is 3.38. The van der Waals surface area contributed by atoms with Gasteiger partial charge in [-0.3, -0.25) is 4.68 Å². The van der Waals surface area contributed by atoms with Crippen molar-refractivity contribution in [2.75, 3.05) is 11.9 Å². The van der Waals surface area contributed by atoms with E-state index in [1.54, 1.807) is 4.68 Å². The largest absolute Gasteiger partial charge is 0.354 e. The predicted molar refractivity (Wildman–Crippen MR) is 104 cm³/mol. The van der Waals surface area contributed by atoms with Gasteiger partial charge < -0.3 is 5.32 Å². The number of fused-ring (bicyclic) bond motifs is 2. The molecule has 1 aliphatic rings. The smallest absolute Gasteiger partial charge is 0.222 e.